The Bertz CT molecular complexity index is 933. The number of methoxy groups -OCH3 is 1. The van der Waals surface area contributed by atoms with Crippen molar-refractivity contribution in [3.05, 3.63) is 59.7 Å². The minimum absolute atomic E-state index is 0.0964. The Balaban J connectivity index is 1.69. The van der Waals surface area contributed by atoms with Crippen LogP contribution < -0.4 is 5.32 Å². The zero-order valence-corrected chi connectivity index (χ0v) is 18.1. The van der Waals surface area contributed by atoms with Gasteiger partial charge in [-0.15, -0.1) is 0 Å². The molecule has 0 spiro atoms. The molecule has 0 bridgehead atoms. The van der Waals surface area contributed by atoms with E-state index in [0.717, 1.165) is 22.3 Å². The molecule has 1 aliphatic carbocycles. The number of alkyl carbamates (subject to hydrolysis) is 1. The van der Waals surface area contributed by atoms with Crippen LogP contribution >= 0.6 is 0 Å². The van der Waals surface area contributed by atoms with E-state index in [4.69, 9.17) is 9.47 Å². The van der Waals surface area contributed by atoms with Crippen LogP contribution in [0.1, 0.15) is 44.2 Å². The Morgan fingerprint density at radius 2 is 1.52 bits per heavy atom. The Morgan fingerprint density at radius 3 is 2.03 bits per heavy atom. The number of ether oxygens (including phenoxy) is 3. The van der Waals surface area contributed by atoms with Crippen LogP contribution in [0.25, 0.3) is 11.1 Å². The molecule has 1 atom stereocenters. The lowest BCUT2D eigenvalue weighted by molar-refractivity contribution is -0.160. The first kappa shape index (κ1) is 22.3. The van der Waals surface area contributed by atoms with Gasteiger partial charge in [0.05, 0.1) is 13.5 Å². The van der Waals surface area contributed by atoms with Gasteiger partial charge in [0.2, 0.25) is 0 Å². The van der Waals surface area contributed by atoms with Gasteiger partial charge in [0.1, 0.15) is 18.2 Å². The van der Waals surface area contributed by atoms with Crippen molar-refractivity contribution in [2.75, 3.05) is 13.7 Å². The van der Waals surface area contributed by atoms with Gasteiger partial charge >= 0.3 is 18.0 Å². The van der Waals surface area contributed by atoms with Crippen molar-refractivity contribution in [1.82, 2.24) is 5.32 Å². The number of hydrogen-bond acceptors (Lipinski definition) is 6. The van der Waals surface area contributed by atoms with E-state index in [9.17, 15) is 14.4 Å². The monoisotopic (exact) mass is 425 g/mol. The standard InChI is InChI=1S/C24H27NO6/c1-24(2,3)31-22(27)20(13-21(26)29-4)25-23(28)30-14-19-17-11-7-5-9-15(17)16-10-6-8-12-18(16)19/h5-12,19-20H,13-14H2,1-4H3,(H,25,28). The largest absolute Gasteiger partial charge is 0.469 e. The maximum Gasteiger partial charge on any atom is 0.407 e. The maximum atomic E-state index is 12.5. The first-order valence-electron chi connectivity index (χ1n) is 10.1. The summed E-state index contributed by atoms with van der Waals surface area (Å²) in [5.41, 5.74) is 3.62. The quantitative estimate of drug-likeness (QED) is 0.559. The number of hydrogen-bond donors (Lipinski definition) is 1. The van der Waals surface area contributed by atoms with E-state index < -0.39 is 29.7 Å². The van der Waals surface area contributed by atoms with Gasteiger partial charge in [-0.1, -0.05) is 48.5 Å². The molecule has 1 aliphatic rings. The zero-order valence-electron chi connectivity index (χ0n) is 18.1. The Labute approximate surface area is 181 Å². The number of rotatable bonds is 6. The van der Waals surface area contributed by atoms with Crippen molar-refractivity contribution < 1.29 is 28.6 Å². The molecule has 0 aliphatic heterocycles. The van der Waals surface area contributed by atoms with Crippen molar-refractivity contribution in [3.63, 3.8) is 0 Å². The van der Waals surface area contributed by atoms with E-state index in [1.807, 2.05) is 48.5 Å². The fourth-order valence-corrected chi connectivity index (χ4v) is 3.60. The molecule has 2 aromatic carbocycles. The number of carbonyl (C=O) groups excluding carboxylic acids is 3. The Kier molecular flexibility index (Phi) is 6.63. The summed E-state index contributed by atoms with van der Waals surface area (Å²) in [5, 5.41) is 2.44. The average Bonchev–Trinajstić information content (AvgIpc) is 3.04. The van der Waals surface area contributed by atoms with Crippen molar-refractivity contribution in [2.24, 2.45) is 0 Å². The molecule has 31 heavy (non-hydrogen) atoms. The summed E-state index contributed by atoms with van der Waals surface area (Å²) in [4.78, 5) is 36.6. The first-order valence-corrected chi connectivity index (χ1v) is 10.1. The highest BCUT2D eigenvalue weighted by Gasteiger charge is 2.32. The normalized spacial score (nSPS) is 13.5. The molecule has 1 amide bonds. The van der Waals surface area contributed by atoms with E-state index in [0.29, 0.717) is 0 Å². The molecule has 0 heterocycles. The SMILES string of the molecule is COC(=O)CC(NC(=O)OCC1c2ccccc2-c2ccccc21)C(=O)OC(C)(C)C. The predicted octanol–water partition coefficient (Wildman–Crippen LogP) is 3.80. The second-order valence-corrected chi connectivity index (χ2v) is 8.34. The molecule has 0 saturated heterocycles. The van der Waals surface area contributed by atoms with Crippen LogP contribution in [0.4, 0.5) is 4.79 Å². The van der Waals surface area contributed by atoms with Crippen LogP contribution in [0.2, 0.25) is 0 Å². The number of nitrogens with one attached hydrogen (secondary N) is 1. The molecule has 0 fully saturated rings. The molecule has 0 saturated carbocycles. The molecule has 164 valence electrons. The van der Waals surface area contributed by atoms with Gasteiger partial charge in [0, 0.05) is 5.92 Å². The van der Waals surface area contributed by atoms with E-state index in [1.165, 1.54) is 7.11 Å². The number of carbonyl (C=O) groups is 3. The topological polar surface area (TPSA) is 90.9 Å². The lowest BCUT2D eigenvalue weighted by Gasteiger charge is -2.24. The third-order valence-electron chi connectivity index (χ3n) is 4.93. The van der Waals surface area contributed by atoms with Gasteiger partial charge in [-0.2, -0.15) is 0 Å². The smallest absolute Gasteiger partial charge is 0.407 e. The summed E-state index contributed by atoms with van der Waals surface area (Å²) in [6.45, 7) is 5.20. The van der Waals surface area contributed by atoms with Crippen LogP contribution in [0.5, 0.6) is 0 Å². The molecular weight excluding hydrogens is 398 g/mol. The summed E-state index contributed by atoms with van der Waals surface area (Å²) in [6, 6.07) is 14.8. The molecule has 7 nitrogen and oxygen atoms in total. The fraction of sp³-hybridized carbons (Fsp3) is 0.375. The Hall–Kier alpha value is -3.35. The molecular formula is C24H27NO6. The van der Waals surface area contributed by atoms with Gasteiger partial charge < -0.3 is 19.5 Å². The number of esters is 2. The van der Waals surface area contributed by atoms with Crippen LogP contribution in [0.3, 0.4) is 0 Å². The second-order valence-electron chi connectivity index (χ2n) is 8.34. The average molecular weight is 425 g/mol. The highest BCUT2D eigenvalue weighted by Crippen LogP contribution is 2.44. The molecule has 0 aromatic heterocycles. The molecule has 1 N–H and O–H groups in total. The van der Waals surface area contributed by atoms with E-state index >= 15 is 0 Å². The summed E-state index contributed by atoms with van der Waals surface area (Å²) in [5.74, 6) is -1.49. The molecule has 0 radical (unpaired) electrons. The van der Waals surface area contributed by atoms with Gasteiger partial charge in [0.15, 0.2) is 0 Å². The lowest BCUT2D eigenvalue weighted by Crippen LogP contribution is -2.45. The summed E-state index contributed by atoms with van der Waals surface area (Å²) in [6.07, 6.45) is -1.16. The van der Waals surface area contributed by atoms with Crippen LogP contribution in [-0.4, -0.2) is 43.4 Å². The third-order valence-corrected chi connectivity index (χ3v) is 4.93. The summed E-state index contributed by atoms with van der Waals surface area (Å²) in [7, 11) is 1.21. The predicted molar refractivity (Wildman–Crippen MR) is 114 cm³/mol. The highest BCUT2D eigenvalue weighted by molar-refractivity contribution is 5.86. The van der Waals surface area contributed by atoms with Crippen molar-refractivity contribution in [2.45, 2.75) is 44.8 Å². The van der Waals surface area contributed by atoms with E-state index in [-0.39, 0.29) is 18.9 Å². The zero-order chi connectivity index (χ0) is 22.6. The van der Waals surface area contributed by atoms with E-state index in [2.05, 4.69) is 10.1 Å². The minimum Gasteiger partial charge on any atom is -0.469 e. The van der Waals surface area contributed by atoms with Crippen molar-refractivity contribution in [1.29, 1.82) is 0 Å². The van der Waals surface area contributed by atoms with Crippen molar-refractivity contribution in [3.8, 4) is 11.1 Å². The van der Waals surface area contributed by atoms with E-state index in [1.54, 1.807) is 20.8 Å². The van der Waals surface area contributed by atoms with Gasteiger partial charge in [0.25, 0.3) is 0 Å². The summed E-state index contributed by atoms with van der Waals surface area (Å²) < 4.78 is 15.4. The summed E-state index contributed by atoms with van der Waals surface area (Å²) >= 11 is 0. The number of fused-ring (bicyclic) bond motifs is 3. The van der Waals surface area contributed by atoms with Gasteiger partial charge in [-0.3, -0.25) is 4.79 Å². The molecule has 1 unspecified atom stereocenters. The first-order chi connectivity index (χ1) is 14.7. The maximum absolute atomic E-state index is 12.5. The van der Waals surface area contributed by atoms with Crippen LogP contribution in [0, 0.1) is 0 Å². The lowest BCUT2D eigenvalue weighted by atomic mass is 9.98. The minimum atomic E-state index is -1.21. The number of benzene rings is 2. The Morgan fingerprint density at radius 1 is 0.968 bits per heavy atom. The highest BCUT2D eigenvalue weighted by atomic mass is 16.6. The van der Waals surface area contributed by atoms with Crippen molar-refractivity contribution >= 4 is 18.0 Å². The second kappa shape index (κ2) is 9.20. The third kappa shape index (κ3) is 5.42. The van der Waals surface area contributed by atoms with Crippen LogP contribution in [0.15, 0.2) is 48.5 Å². The molecule has 7 heteroatoms. The van der Waals surface area contributed by atoms with Crippen LogP contribution in [-0.2, 0) is 23.8 Å². The molecule has 3 rings (SSSR count). The van der Waals surface area contributed by atoms with Gasteiger partial charge in [-0.25, -0.2) is 9.59 Å². The molecule has 2 aromatic rings. The number of amides is 1. The fourth-order valence-electron chi connectivity index (χ4n) is 3.60. The van der Waals surface area contributed by atoms with Gasteiger partial charge in [-0.05, 0) is 43.0 Å².